The van der Waals surface area contributed by atoms with E-state index in [9.17, 15) is 12.8 Å². The standard InChI is InChI=1S/C16H13FN2O3S/c17-13-5-3-7-15(11-13)23(20,21)19(12-14-6-4-10-22-14)16-8-1-2-9-18-16/h1-11H,12H2. The summed E-state index contributed by atoms with van der Waals surface area (Å²) in [6.07, 6.45) is 2.95. The number of hydrogen-bond donors (Lipinski definition) is 0. The maximum absolute atomic E-state index is 13.4. The number of rotatable bonds is 5. The molecule has 0 saturated carbocycles. The SMILES string of the molecule is O=S(=O)(c1cccc(F)c1)N(Cc1ccco1)c1ccccn1. The van der Waals surface area contributed by atoms with Crippen LogP contribution in [0, 0.1) is 5.82 Å². The number of pyridine rings is 1. The monoisotopic (exact) mass is 332 g/mol. The summed E-state index contributed by atoms with van der Waals surface area (Å²) in [7, 11) is -3.98. The number of nitrogens with zero attached hydrogens (tertiary/aromatic N) is 2. The quantitative estimate of drug-likeness (QED) is 0.720. The molecule has 2 heterocycles. The molecule has 0 saturated heterocycles. The summed E-state index contributed by atoms with van der Waals surface area (Å²) in [5, 5.41) is 0. The van der Waals surface area contributed by atoms with Crippen LogP contribution in [0.25, 0.3) is 0 Å². The van der Waals surface area contributed by atoms with Crippen LogP contribution in [0.2, 0.25) is 0 Å². The van der Waals surface area contributed by atoms with Crippen molar-refractivity contribution in [3.63, 3.8) is 0 Å². The van der Waals surface area contributed by atoms with Gasteiger partial charge >= 0.3 is 0 Å². The van der Waals surface area contributed by atoms with Gasteiger partial charge in [0.2, 0.25) is 0 Å². The van der Waals surface area contributed by atoms with Crippen molar-refractivity contribution in [3.8, 4) is 0 Å². The largest absolute Gasteiger partial charge is 0.467 e. The number of aromatic nitrogens is 1. The van der Waals surface area contributed by atoms with Crippen molar-refractivity contribution in [2.45, 2.75) is 11.4 Å². The third kappa shape index (κ3) is 3.24. The molecule has 118 valence electrons. The minimum Gasteiger partial charge on any atom is -0.467 e. The van der Waals surface area contributed by atoms with Gasteiger partial charge in [0.15, 0.2) is 0 Å². The van der Waals surface area contributed by atoms with E-state index in [0.29, 0.717) is 5.76 Å². The molecule has 0 amide bonds. The van der Waals surface area contributed by atoms with E-state index >= 15 is 0 Å². The molecule has 23 heavy (non-hydrogen) atoms. The minimum absolute atomic E-state index is 0.0388. The van der Waals surface area contributed by atoms with Gasteiger partial charge in [-0.25, -0.2) is 22.1 Å². The highest BCUT2D eigenvalue weighted by molar-refractivity contribution is 7.92. The maximum atomic E-state index is 13.4. The molecule has 0 radical (unpaired) electrons. The Bertz CT molecular complexity index is 881. The van der Waals surface area contributed by atoms with E-state index in [4.69, 9.17) is 4.42 Å². The van der Waals surface area contributed by atoms with Gasteiger partial charge in [-0.05, 0) is 42.5 Å². The smallest absolute Gasteiger partial charge is 0.266 e. The Morgan fingerprint density at radius 2 is 1.96 bits per heavy atom. The summed E-state index contributed by atoms with van der Waals surface area (Å²) in [4.78, 5) is 3.94. The zero-order valence-electron chi connectivity index (χ0n) is 12.0. The van der Waals surface area contributed by atoms with Crippen LogP contribution < -0.4 is 4.31 Å². The van der Waals surface area contributed by atoms with Crippen LogP contribution in [0.3, 0.4) is 0 Å². The summed E-state index contributed by atoms with van der Waals surface area (Å²) in [6.45, 7) is -0.0388. The van der Waals surface area contributed by atoms with Gasteiger partial charge < -0.3 is 4.42 Å². The Balaban J connectivity index is 2.07. The second-order valence-electron chi connectivity index (χ2n) is 4.74. The number of furan rings is 1. The molecule has 0 aliphatic heterocycles. The molecule has 0 atom stereocenters. The average molecular weight is 332 g/mol. The zero-order chi connectivity index (χ0) is 16.3. The Hall–Kier alpha value is -2.67. The van der Waals surface area contributed by atoms with E-state index in [0.717, 1.165) is 10.4 Å². The Morgan fingerprint density at radius 3 is 2.61 bits per heavy atom. The van der Waals surface area contributed by atoms with Gasteiger partial charge in [-0.2, -0.15) is 0 Å². The van der Waals surface area contributed by atoms with Crippen molar-refractivity contribution in [2.75, 3.05) is 4.31 Å². The molecule has 2 aromatic heterocycles. The van der Waals surface area contributed by atoms with Crippen LogP contribution in [-0.2, 0) is 16.6 Å². The van der Waals surface area contributed by atoms with Crippen LogP contribution in [-0.4, -0.2) is 13.4 Å². The van der Waals surface area contributed by atoms with Crippen molar-refractivity contribution in [1.29, 1.82) is 0 Å². The Kier molecular flexibility index (Phi) is 4.12. The normalized spacial score (nSPS) is 11.3. The third-order valence-corrected chi connectivity index (χ3v) is 4.91. The van der Waals surface area contributed by atoms with Gasteiger partial charge in [-0.15, -0.1) is 0 Å². The van der Waals surface area contributed by atoms with Crippen LogP contribution in [0.15, 0.2) is 76.4 Å². The summed E-state index contributed by atoms with van der Waals surface area (Å²) in [5.41, 5.74) is 0. The molecule has 0 aliphatic rings. The molecule has 3 rings (SSSR count). The first-order valence-corrected chi connectivity index (χ1v) is 8.23. The van der Waals surface area contributed by atoms with Crippen molar-refractivity contribution >= 4 is 15.8 Å². The molecular weight excluding hydrogens is 319 g/mol. The highest BCUT2D eigenvalue weighted by Gasteiger charge is 2.27. The molecule has 5 nitrogen and oxygen atoms in total. The van der Waals surface area contributed by atoms with E-state index in [1.54, 1.807) is 30.3 Å². The molecule has 0 aliphatic carbocycles. The lowest BCUT2D eigenvalue weighted by molar-refractivity contribution is 0.508. The van der Waals surface area contributed by atoms with Gasteiger partial charge in [0.1, 0.15) is 17.4 Å². The van der Waals surface area contributed by atoms with Gasteiger partial charge in [0.25, 0.3) is 10.0 Å². The predicted molar refractivity (Wildman–Crippen MR) is 82.7 cm³/mol. The molecule has 1 aromatic carbocycles. The zero-order valence-corrected chi connectivity index (χ0v) is 12.8. The maximum Gasteiger partial charge on any atom is 0.266 e. The first-order valence-electron chi connectivity index (χ1n) is 6.79. The van der Waals surface area contributed by atoms with E-state index in [1.807, 2.05) is 0 Å². The molecular formula is C16H13FN2O3S. The van der Waals surface area contributed by atoms with Gasteiger partial charge in [0, 0.05) is 6.20 Å². The second kappa shape index (κ2) is 6.21. The van der Waals surface area contributed by atoms with E-state index in [2.05, 4.69) is 4.98 Å². The molecule has 0 bridgehead atoms. The molecule has 0 N–H and O–H groups in total. The first-order chi connectivity index (χ1) is 11.1. The van der Waals surface area contributed by atoms with Crippen molar-refractivity contribution in [3.05, 3.63) is 78.6 Å². The lowest BCUT2D eigenvalue weighted by Crippen LogP contribution is -2.31. The number of anilines is 1. The number of halogens is 1. The summed E-state index contributed by atoms with van der Waals surface area (Å²) < 4.78 is 45.5. The van der Waals surface area contributed by atoms with Crippen molar-refractivity contribution in [2.24, 2.45) is 0 Å². The highest BCUT2D eigenvalue weighted by Crippen LogP contribution is 2.24. The predicted octanol–water partition coefficient (Wildman–Crippen LogP) is 3.21. The van der Waals surface area contributed by atoms with E-state index in [-0.39, 0.29) is 17.3 Å². The Morgan fingerprint density at radius 1 is 1.09 bits per heavy atom. The summed E-state index contributed by atoms with van der Waals surface area (Å²) in [5.74, 6) is 0.0637. The minimum atomic E-state index is -3.98. The highest BCUT2D eigenvalue weighted by atomic mass is 32.2. The third-order valence-electron chi connectivity index (χ3n) is 3.17. The fraction of sp³-hybridized carbons (Fsp3) is 0.0625. The van der Waals surface area contributed by atoms with Crippen molar-refractivity contribution < 1.29 is 17.2 Å². The van der Waals surface area contributed by atoms with Gasteiger partial charge in [0.05, 0.1) is 17.7 Å². The molecule has 3 aromatic rings. The number of sulfonamides is 1. The summed E-state index contributed by atoms with van der Waals surface area (Å²) in [6, 6.07) is 13.1. The lowest BCUT2D eigenvalue weighted by Gasteiger charge is -2.22. The van der Waals surface area contributed by atoms with E-state index < -0.39 is 15.8 Å². The van der Waals surface area contributed by atoms with Crippen LogP contribution in [0.4, 0.5) is 10.2 Å². The molecule has 0 fully saturated rings. The Labute approximate surface area is 133 Å². The fourth-order valence-electron chi connectivity index (χ4n) is 2.09. The summed E-state index contributed by atoms with van der Waals surface area (Å²) >= 11 is 0. The number of hydrogen-bond acceptors (Lipinski definition) is 4. The fourth-order valence-corrected chi connectivity index (χ4v) is 3.51. The van der Waals surface area contributed by atoms with Crippen LogP contribution in [0.1, 0.15) is 5.76 Å². The second-order valence-corrected chi connectivity index (χ2v) is 6.60. The first kappa shape index (κ1) is 15.2. The van der Waals surface area contributed by atoms with Crippen molar-refractivity contribution in [1.82, 2.24) is 4.98 Å². The van der Waals surface area contributed by atoms with E-state index in [1.165, 1.54) is 30.7 Å². The van der Waals surface area contributed by atoms with Gasteiger partial charge in [-0.1, -0.05) is 12.1 Å². The average Bonchev–Trinajstić information content (AvgIpc) is 3.06. The molecule has 0 spiro atoms. The molecule has 7 heteroatoms. The van der Waals surface area contributed by atoms with Gasteiger partial charge in [-0.3, -0.25) is 0 Å². The lowest BCUT2D eigenvalue weighted by atomic mass is 10.4. The topological polar surface area (TPSA) is 63.4 Å². The van der Waals surface area contributed by atoms with Crippen LogP contribution >= 0.6 is 0 Å². The molecule has 0 unspecified atom stereocenters. The number of benzene rings is 1. The van der Waals surface area contributed by atoms with Crippen LogP contribution in [0.5, 0.6) is 0 Å².